The molecular weight excluding hydrogens is 396 g/mol. The molecule has 0 N–H and O–H groups in total. The van der Waals surface area contributed by atoms with E-state index in [4.69, 9.17) is 0 Å². The fourth-order valence-corrected chi connectivity index (χ4v) is 6.57. The van der Waals surface area contributed by atoms with Gasteiger partial charge in [0.05, 0.1) is 6.04 Å². The molecule has 2 aromatic rings. The summed E-state index contributed by atoms with van der Waals surface area (Å²) >= 11 is 0. The van der Waals surface area contributed by atoms with E-state index in [0.29, 0.717) is 5.92 Å². The lowest BCUT2D eigenvalue weighted by molar-refractivity contribution is -0.276. The third kappa shape index (κ3) is 3.73. The van der Waals surface area contributed by atoms with Gasteiger partial charge in [-0.25, -0.2) is 0 Å². The zero-order valence-corrected chi connectivity index (χ0v) is 19.6. The highest BCUT2D eigenvalue weighted by molar-refractivity contribution is 5.68. The average molecular weight is 432 g/mol. The first-order chi connectivity index (χ1) is 15.4. The van der Waals surface area contributed by atoms with Crippen LogP contribution in [0.4, 0.5) is 4.79 Å². The number of benzene rings is 2. The molecule has 32 heavy (non-hydrogen) atoms. The molecule has 2 aromatic carbocycles. The zero-order chi connectivity index (χ0) is 22.5. The highest BCUT2D eigenvalue weighted by Gasteiger charge is 2.48. The Morgan fingerprint density at radius 3 is 2.38 bits per heavy atom. The lowest BCUT2D eigenvalue weighted by Crippen LogP contribution is -2.62. The van der Waals surface area contributed by atoms with E-state index >= 15 is 0 Å². The molecule has 3 heterocycles. The van der Waals surface area contributed by atoms with E-state index in [9.17, 15) is 9.90 Å². The van der Waals surface area contributed by atoms with Crippen molar-refractivity contribution in [2.75, 3.05) is 19.6 Å². The van der Waals surface area contributed by atoms with Crippen molar-refractivity contribution >= 4 is 6.09 Å². The Morgan fingerprint density at radius 2 is 1.78 bits per heavy atom. The van der Waals surface area contributed by atoms with E-state index in [0.717, 1.165) is 51.7 Å². The quantitative estimate of drug-likeness (QED) is 0.691. The SMILES string of the molecule is CCCc1ccc(-c2ccc3c(c2)CC(C)(C)[C@H]3N(C(=O)[O-])[C@@H]2CN3CCC2CC3)cc1. The first-order valence-corrected chi connectivity index (χ1v) is 12.3. The number of hydrogen-bond donors (Lipinski definition) is 0. The Bertz CT molecular complexity index is 989. The molecule has 0 saturated carbocycles. The van der Waals surface area contributed by atoms with Crippen LogP contribution in [0.25, 0.3) is 11.1 Å². The largest absolute Gasteiger partial charge is 0.530 e. The normalized spacial score (nSPS) is 27.8. The number of piperidine rings is 3. The molecule has 2 atom stereocenters. The number of amides is 1. The lowest BCUT2D eigenvalue weighted by Gasteiger charge is -2.53. The van der Waals surface area contributed by atoms with Gasteiger partial charge in [-0.1, -0.05) is 69.7 Å². The molecule has 4 aliphatic rings. The second-order valence-corrected chi connectivity index (χ2v) is 10.8. The minimum atomic E-state index is -1.01. The van der Waals surface area contributed by atoms with Gasteiger partial charge in [-0.3, -0.25) is 0 Å². The molecule has 3 saturated heterocycles. The van der Waals surface area contributed by atoms with Crippen LogP contribution in [0.15, 0.2) is 42.5 Å². The van der Waals surface area contributed by atoms with Crippen molar-refractivity contribution in [1.82, 2.24) is 9.80 Å². The van der Waals surface area contributed by atoms with Crippen LogP contribution in [-0.4, -0.2) is 41.6 Å². The maximum Gasteiger partial charge on any atom is 0.137 e. The van der Waals surface area contributed by atoms with Crippen molar-refractivity contribution in [1.29, 1.82) is 0 Å². The number of rotatable bonds is 5. The first kappa shape index (κ1) is 21.5. The van der Waals surface area contributed by atoms with Crippen LogP contribution in [0.2, 0.25) is 0 Å². The number of carbonyl (C=O) groups is 1. The van der Waals surface area contributed by atoms with E-state index in [1.165, 1.54) is 27.8 Å². The predicted molar refractivity (Wildman–Crippen MR) is 126 cm³/mol. The van der Waals surface area contributed by atoms with Crippen molar-refractivity contribution < 1.29 is 9.90 Å². The van der Waals surface area contributed by atoms with Crippen LogP contribution in [0.3, 0.4) is 0 Å². The molecule has 4 heteroatoms. The van der Waals surface area contributed by atoms with E-state index in [-0.39, 0.29) is 17.5 Å². The number of carboxylic acid groups (broad SMARTS) is 1. The van der Waals surface area contributed by atoms with Gasteiger partial charge in [0.25, 0.3) is 0 Å². The molecule has 0 aromatic heterocycles. The standard InChI is InChI=1S/C28H36N2O2/c1-4-5-19-6-8-20(9-7-19)22-10-11-24-23(16-22)17-28(2,3)26(24)30(27(31)32)25-18-29-14-12-21(25)13-15-29/h6-11,16,21,25-26H,4-5,12-15,17-18H2,1-3H3,(H,31,32)/p-1/t25-,26+/m1/s1. The van der Waals surface area contributed by atoms with E-state index in [2.05, 4.69) is 68.1 Å². The third-order valence-corrected chi connectivity index (χ3v) is 8.12. The molecule has 4 nitrogen and oxygen atoms in total. The van der Waals surface area contributed by atoms with Crippen LogP contribution in [0, 0.1) is 11.3 Å². The van der Waals surface area contributed by atoms with Crippen molar-refractivity contribution in [2.24, 2.45) is 11.3 Å². The van der Waals surface area contributed by atoms with Crippen LogP contribution < -0.4 is 5.11 Å². The number of aryl methyl sites for hydroxylation is 1. The van der Waals surface area contributed by atoms with Gasteiger partial charge in [-0.15, -0.1) is 0 Å². The van der Waals surface area contributed by atoms with Crippen molar-refractivity contribution in [3.8, 4) is 11.1 Å². The summed E-state index contributed by atoms with van der Waals surface area (Å²) in [6.07, 6.45) is 4.34. The number of fused-ring (bicyclic) bond motifs is 4. The van der Waals surface area contributed by atoms with E-state index in [1.807, 2.05) is 0 Å². The van der Waals surface area contributed by atoms with Crippen molar-refractivity contribution in [2.45, 2.75) is 65.0 Å². The van der Waals surface area contributed by atoms with Gasteiger partial charge in [-0.2, -0.15) is 0 Å². The summed E-state index contributed by atoms with van der Waals surface area (Å²) < 4.78 is 0. The zero-order valence-electron chi connectivity index (χ0n) is 19.6. The maximum absolute atomic E-state index is 12.5. The molecule has 0 radical (unpaired) electrons. The monoisotopic (exact) mass is 431 g/mol. The second-order valence-electron chi connectivity index (χ2n) is 10.8. The first-order valence-electron chi connectivity index (χ1n) is 12.3. The number of nitrogens with zero attached hydrogens (tertiary/aromatic N) is 2. The number of hydrogen-bond acceptors (Lipinski definition) is 3. The van der Waals surface area contributed by atoms with Crippen LogP contribution in [0.5, 0.6) is 0 Å². The van der Waals surface area contributed by atoms with Crippen molar-refractivity contribution in [3.05, 3.63) is 59.2 Å². The highest BCUT2D eigenvalue weighted by atomic mass is 16.4. The van der Waals surface area contributed by atoms with Crippen LogP contribution in [-0.2, 0) is 12.8 Å². The maximum atomic E-state index is 12.5. The van der Waals surface area contributed by atoms with Gasteiger partial charge in [0.1, 0.15) is 6.09 Å². The molecule has 3 fully saturated rings. The second kappa shape index (κ2) is 8.22. The predicted octanol–water partition coefficient (Wildman–Crippen LogP) is 4.67. The Labute approximate surface area is 192 Å². The number of carbonyl (C=O) groups excluding carboxylic acids is 1. The third-order valence-electron chi connectivity index (χ3n) is 8.12. The molecule has 170 valence electrons. The molecule has 1 aliphatic carbocycles. The van der Waals surface area contributed by atoms with E-state index < -0.39 is 6.09 Å². The van der Waals surface area contributed by atoms with Gasteiger partial charge in [0.2, 0.25) is 0 Å². The van der Waals surface area contributed by atoms with Crippen molar-refractivity contribution in [3.63, 3.8) is 0 Å². The molecule has 3 aliphatic heterocycles. The van der Waals surface area contributed by atoms with Crippen LogP contribution >= 0.6 is 0 Å². The summed E-state index contributed by atoms with van der Waals surface area (Å²) in [6, 6.07) is 15.4. The summed E-state index contributed by atoms with van der Waals surface area (Å²) in [7, 11) is 0. The Kier molecular flexibility index (Phi) is 5.53. The Hall–Kier alpha value is -2.33. The summed E-state index contributed by atoms with van der Waals surface area (Å²) in [5, 5.41) is 12.5. The van der Waals surface area contributed by atoms with Gasteiger partial charge >= 0.3 is 0 Å². The Balaban J connectivity index is 1.48. The summed E-state index contributed by atoms with van der Waals surface area (Å²) in [5.74, 6) is 0.457. The average Bonchev–Trinajstić information content (AvgIpc) is 3.04. The lowest BCUT2D eigenvalue weighted by atomic mass is 9.79. The van der Waals surface area contributed by atoms with Gasteiger partial charge in [0.15, 0.2) is 0 Å². The highest BCUT2D eigenvalue weighted by Crippen LogP contribution is 2.51. The summed E-state index contributed by atoms with van der Waals surface area (Å²) in [4.78, 5) is 16.7. The molecule has 0 unspecified atom stereocenters. The summed E-state index contributed by atoms with van der Waals surface area (Å²) in [6.45, 7) is 9.70. The smallest absolute Gasteiger partial charge is 0.137 e. The van der Waals surface area contributed by atoms with Crippen LogP contribution in [0.1, 0.15) is 62.8 Å². The Morgan fingerprint density at radius 1 is 1.09 bits per heavy atom. The molecular formula is C28H35N2O2-. The fraction of sp³-hybridized carbons (Fsp3) is 0.536. The van der Waals surface area contributed by atoms with Gasteiger partial charge in [-0.05, 0) is 77.9 Å². The minimum absolute atomic E-state index is 0.0449. The topological polar surface area (TPSA) is 46.6 Å². The molecule has 2 bridgehead atoms. The summed E-state index contributed by atoms with van der Waals surface area (Å²) in [5.41, 5.74) is 6.11. The van der Waals surface area contributed by atoms with Gasteiger partial charge in [0, 0.05) is 12.6 Å². The van der Waals surface area contributed by atoms with E-state index in [1.54, 1.807) is 4.90 Å². The molecule has 0 spiro atoms. The fourth-order valence-electron chi connectivity index (χ4n) is 6.57. The molecule has 6 rings (SSSR count). The minimum Gasteiger partial charge on any atom is -0.530 e. The molecule has 1 amide bonds. The van der Waals surface area contributed by atoms with Gasteiger partial charge < -0.3 is 19.7 Å².